The Morgan fingerprint density at radius 2 is 1.97 bits per heavy atom. The van der Waals surface area contributed by atoms with E-state index in [0.717, 1.165) is 10.4 Å². The molecule has 2 heterocycles. The van der Waals surface area contributed by atoms with Gasteiger partial charge in [-0.15, -0.1) is 0 Å². The van der Waals surface area contributed by atoms with E-state index in [4.69, 9.17) is 23.2 Å². The van der Waals surface area contributed by atoms with Crippen molar-refractivity contribution in [2.24, 2.45) is 0 Å². The summed E-state index contributed by atoms with van der Waals surface area (Å²) in [4.78, 5) is 29.1. The third-order valence-electron chi connectivity index (χ3n) is 4.79. The lowest BCUT2D eigenvalue weighted by atomic mass is 10.2. The number of sulfonamides is 1. The largest absolute Gasteiger partial charge is 0.324 e. The monoisotopic (exact) mass is 509 g/mol. The molecule has 12 heteroatoms. The van der Waals surface area contributed by atoms with Crippen molar-refractivity contribution in [3.63, 3.8) is 0 Å². The number of anilines is 1. The number of hydrogen-bond donors (Lipinski definition) is 2. The normalized spacial score (nSPS) is 12.4. The summed E-state index contributed by atoms with van der Waals surface area (Å²) in [6.45, 7) is 3.28. The van der Waals surface area contributed by atoms with Crippen LogP contribution in [0.25, 0.3) is 0 Å². The van der Waals surface area contributed by atoms with Crippen LogP contribution in [0.5, 0.6) is 0 Å². The predicted molar refractivity (Wildman–Crippen MR) is 126 cm³/mol. The van der Waals surface area contributed by atoms with E-state index in [9.17, 15) is 18.0 Å². The second kappa shape index (κ2) is 10.4. The van der Waals surface area contributed by atoms with Crippen LogP contribution in [0.4, 0.5) is 5.69 Å². The summed E-state index contributed by atoms with van der Waals surface area (Å²) < 4.78 is 29.1. The summed E-state index contributed by atoms with van der Waals surface area (Å²) in [5, 5.41) is 6.19. The van der Waals surface area contributed by atoms with E-state index in [1.807, 2.05) is 12.1 Å². The standard InChI is InChI=1S/C21H21Cl2N5O4S/c1-13-6-7-16(27-20(29)14(2)28-21(30)19(23)17(22)12-25-28)11-18(13)33(31,32)26-10-8-15-5-3-4-9-24-15/h3-7,9,11-12,14,26H,8,10H2,1-2H3,(H,27,29)/t14-/m0/s1. The van der Waals surface area contributed by atoms with E-state index in [1.54, 1.807) is 31.3 Å². The number of nitrogens with zero attached hydrogens (tertiary/aromatic N) is 3. The van der Waals surface area contributed by atoms with Crippen molar-refractivity contribution in [2.75, 3.05) is 11.9 Å². The number of rotatable bonds is 8. The van der Waals surface area contributed by atoms with Crippen molar-refractivity contribution >= 4 is 44.8 Å². The molecule has 1 atom stereocenters. The van der Waals surface area contributed by atoms with E-state index in [0.29, 0.717) is 12.0 Å². The Morgan fingerprint density at radius 3 is 2.67 bits per heavy atom. The molecular weight excluding hydrogens is 489 g/mol. The fourth-order valence-electron chi connectivity index (χ4n) is 2.96. The second-order valence-corrected chi connectivity index (χ2v) is 9.69. The third kappa shape index (κ3) is 5.97. The van der Waals surface area contributed by atoms with Crippen molar-refractivity contribution in [3.05, 3.63) is 80.4 Å². The van der Waals surface area contributed by atoms with Crippen molar-refractivity contribution in [2.45, 2.75) is 31.2 Å². The van der Waals surface area contributed by atoms with Gasteiger partial charge in [0.2, 0.25) is 15.9 Å². The zero-order chi connectivity index (χ0) is 24.2. The molecule has 0 aliphatic heterocycles. The van der Waals surface area contributed by atoms with Crippen LogP contribution < -0.4 is 15.6 Å². The Bertz CT molecular complexity index is 1330. The molecule has 0 radical (unpaired) electrons. The van der Waals surface area contributed by atoms with Crippen LogP contribution in [0.15, 0.2) is 58.5 Å². The lowest BCUT2D eigenvalue weighted by molar-refractivity contribution is -0.119. The van der Waals surface area contributed by atoms with Crippen molar-refractivity contribution in [1.29, 1.82) is 0 Å². The van der Waals surface area contributed by atoms with Gasteiger partial charge in [0.25, 0.3) is 5.56 Å². The SMILES string of the molecule is Cc1ccc(NC(=O)[C@H](C)n2ncc(Cl)c(Cl)c2=O)cc1S(=O)(=O)NCCc1ccccn1. The van der Waals surface area contributed by atoms with Gasteiger partial charge in [0.05, 0.1) is 16.1 Å². The minimum atomic E-state index is -3.84. The third-order valence-corrected chi connectivity index (χ3v) is 7.14. The Morgan fingerprint density at radius 1 is 1.21 bits per heavy atom. The van der Waals surface area contributed by atoms with Crippen LogP contribution in [0.1, 0.15) is 24.2 Å². The van der Waals surface area contributed by atoms with Crippen LogP contribution in [0.3, 0.4) is 0 Å². The predicted octanol–water partition coefficient (Wildman–Crippen LogP) is 2.97. The molecule has 3 aromatic rings. The molecule has 33 heavy (non-hydrogen) atoms. The van der Waals surface area contributed by atoms with Crippen molar-refractivity contribution in [1.82, 2.24) is 19.5 Å². The van der Waals surface area contributed by atoms with Crippen LogP contribution in [-0.2, 0) is 21.2 Å². The number of aromatic nitrogens is 3. The molecule has 0 fully saturated rings. The first-order valence-corrected chi connectivity index (χ1v) is 12.1. The molecule has 0 unspecified atom stereocenters. The molecule has 0 saturated heterocycles. The molecule has 3 rings (SSSR count). The maximum Gasteiger partial charge on any atom is 0.287 e. The summed E-state index contributed by atoms with van der Waals surface area (Å²) >= 11 is 11.6. The van der Waals surface area contributed by atoms with Gasteiger partial charge in [-0.25, -0.2) is 17.8 Å². The number of hydrogen-bond acceptors (Lipinski definition) is 6. The van der Waals surface area contributed by atoms with Gasteiger partial charge in [-0.3, -0.25) is 14.6 Å². The quantitative estimate of drug-likeness (QED) is 0.481. The fourth-order valence-corrected chi connectivity index (χ4v) is 4.52. The average Bonchev–Trinajstić information content (AvgIpc) is 2.79. The van der Waals surface area contributed by atoms with Gasteiger partial charge in [0.15, 0.2) is 0 Å². The highest BCUT2D eigenvalue weighted by molar-refractivity contribution is 7.89. The van der Waals surface area contributed by atoms with E-state index in [1.165, 1.54) is 19.2 Å². The van der Waals surface area contributed by atoms with E-state index >= 15 is 0 Å². The Balaban J connectivity index is 1.74. The number of aryl methyl sites for hydroxylation is 1. The fraction of sp³-hybridized carbons (Fsp3) is 0.238. The summed E-state index contributed by atoms with van der Waals surface area (Å²) in [5.41, 5.74) is 0.804. The van der Waals surface area contributed by atoms with E-state index < -0.39 is 27.5 Å². The maximum atomic E-state index is 12.8. The van der Waals surface area contributed by atoms with Gasteiger partial charge in [-0.1, -0.05) is 35.3 Å². The number of nitrogens with one attached hydrogen (secondary N) is 2. The van der Waals surface area contributed by atoms with Crippen LogP contribution >= 0.6 is 23.2 Å². The number of benzene rings is 1. The van der Waals surface area contributed by atoms with Gasteiger partial charge in [0, 0.05) is 30.5 Å². The van der Waals surface area contributed by atoms with Crippen molar-refractivity contribution < 1.29 is 13.2 Å². The van der Waals surface area contributed by atoms with Gasteiger partial charge >= 0.3 is 0 Å². The highest BCUT2D eigenvalue weighted by atomic mass is 35.5. The number of pyridine rings is 1. The summed E-state index contributed by atoms with van der Waals surface area (Å²) in [6, 6.07) is 8.90. The second-order valence-electron chi connectivity index (χ2n) is 7.17. The molecule has 1 aromatic carbocycles. The maximum absolute atomic E-state index is 12.8. The zero-order valence-electron chi connectivity index (χ0n) is 17.7. The highest BCUT2D eigenvalue weighted by Gasteiger charge is 2.22. The molecule has 0 spiro atoms. The Kier molecular flexibility index (Phi) is 7.85. The average molecular weight is 510 g/mol. The first kappa shape index (κ1) is 24.8. The first-order chi connectivity index (χ1) is 15.6. The van der Waals surface area contributed by atoms with Gasteiger partial charge in [0.1, 0.15) is 11.1 Å². The molecule has 0 saturated carbocycles. The molecule has 9 nitrogen and oxygen atoms in total. The number of amides is 1. The smallest absolute Gasteiger partial charge is 0.287 e. The minimum absolute atomic E-state index is 0.0190. The Hall–Kier alpha value is -2.79. The summed E-state index contributed by atoms with van der Waals surface area (Å²) in [6.07, 6.45) is 3.24. The van der Waals surface area contributed by atoms with E-state index in [-0.39, 0.29) is 27.2 Å². The highest BCUT2D eigenvalue weighted by Crippen LogP contribution is 2.21. The van der Waals surface area contributed by atoms with Gasteiger partial charge < -0.3 is 5.32 Å². The topological polar surface area (TPSA) is 123 Å². The number of carbonyl (C=O) groups is 1. The summed E-state index contributed by atoms with van der Waals surface area (Å²) in [7, 11) is -3.84. The van der Waals surface area contributed by atoms with Crippen LogP contribution in [0.2, 0.25) is 10.0 Å². The number of halogens is 2. The van der Waals surface area contributed by atoms with Gasteiger partial charge in [-0.2, -0.15) is 5.10 Å². The lowest BCUT2D eigenvalue weighted by Crippen LogP contribution is -2.33. The molecular formula is C21H21Cl2N5O4S. The minimum Gasteiger partial charge on any atom is -0.324 e. The molecule has 0 bridgehead atoms. The first-order valence-electron chi connectivity index (χ1n) is 9.84. The lowest BCUT2D eigenvalue weighted by Gasteiger charge is -2.16. The Labute approximate surface area is 200 Å². The van der Waals surface area contributed by atoms with Crippen molar-refractivity contribution in [3.8, 4) is 0 Å². The molecule has 1 amide bonds. The molecule has 174 valence electrons. The molecule has 0 aliphatic rings. The van der Waals surface area contributed by atoms with Crippen LogP contribution in [-0.4, -0.2) is 35.6 Å². The molecule has 2 aromatic heterocycles. The molecule has 2 N–H and O–H groups in total. The van der Waals surface area contributed by atoms with Crippen LogP contribution in [0, 0.1) is 6.92 Å². The molecule has 0 aliphatic carbocycles. The zero-order valence-corrected chi connectivity index (χ0v) is 20.1. The van der Waals surface area contributed by atoms with E-state index in [2.05, 4.69) is 20.1 Å². The van der Waals surface area contributed by atoms with Gasteiger partial charge in [-0.05, 0) is 43.7 Å². The summed E-state index contributed by atoms with van der Waals surface area (Å²) in [5.74, 6) is -0.585. The number of carbonyl (C=O) groups excluding carboxylic acids is 1.